The maximum atomic E-state index is 12.4. The highest BCUT2D eigenvalue weighted by Crippen LogP contribution is 2.34. The molecular weight excluding hydrogens is 447 g/mol. The highest BCUT2D eigenvalue weighted by Gasteiger charge is 2.14. The van der Waals surface area contributed by atoms with Crippen LogP contribution in [0.1, 0.15) is 54.9 Å². The lowest BCUT2D eigenvalue weighted by Crippen LogP contribution is -2.23. The van der Waals surface area contributed by atoms with Gasteiger partial charge in [0.15, 0.2) is 5.75 Å². The van der Waals surface area contributed by atoms with Crippen molar-refractivity contribution >= 4 is 39.1 Å². The number of ether oxygens (including phenoxy) is 1. The number of hydrogen-bond acceptors (Lipinski definition) is 4. The monoisotopic (exact) mass is 472 g/mol. The van der Waals surface area contributed by atoms with Crippen molar-refractivity contribution in [1.82, 2.24) is 5.32 Å². The van der Waals surface area contributed by atoms with E-state index in [0.717, 1.165) is 18.4 Å². The second kappa shape index (κ2) is 11.6. The molecule has 0 aliphatic heterocycles. The Morgan fingerprint density at radius 1 is 1.03 bits per heavy atom. The lowest BCUT2D eigenvalue weighted by Gasteiger charge is -2.12. The highest BCUT2D eigenvalue weighted by molar-refractivity contribution is 7.89. The van der Waals surface area contributed by atoms with E-state index in [0.29, 0.717) is 17.9 Å². The Morgan fingerprint density at radius 2 is 1.63 bits per heavy atom. The summed E-state index contributed by atoms with van der Waals surface area (Å²) in [6, 6.07) is 8.96. The summed E-state index contributed by atoms with van der Waals surface area (Å²) in [5.41, 5.74) is 1.03. The van der Waals surface area contributed by atoms with E-state index in [1.807, 2.05) is 0 Å². The maximum absolute atomic E-state index is 12.4. The van der Waals surface area contributed by atoms with Gasteiger partial charge in [-0.15, -0.1) is 0 Å². The molecule has 2 aromatic carbocycles. The molecule has 0 heterocycles. The molecular formula is C21H26Cl2N2O4S. The van der Waals surface area contributed by atoms with Crippen LogP contribution in [0.3, 0.4) is 0 Å². The average Bonchev–Trinajstić information content (AvgIpc) is 2.69. The summed E-state index contributed by atoms with van der Waals surface area (Å²) in [7, 11) is -3.75. The topological polar surface area (TPSA) is 98.5 Å². The van der Waals surface area contributed by atoms with E-state index in [1.54, 1.807) is 12.1 Å². The number of nitrogens with one attached hydrogen (secondary N) is 1. The minimum absolute atomic E-state index is 0.0112. The molecule has 30 heavy (non-hydrogen) atoms. The third-order valence-corrected chi connectivity index (χ3v) is 5.95. The zero-order valence-corrected chi connectivity index (χ0v) is 19.1. The molecule has 0 aliphatic rings. The van der Waals surface area contributed by atoms with Gasteiger partial charge in [0.25, 0.3) is 5.91 Å². The number of amides is 1. The van der Waals surface area contributed by atoms with E-state index in [4.69, 9.17) is 33.1 Å². The van der Waals surface area contributed by atoms with Gasteiger partial charge in [-0.25, -0.2) is 13.6 Å². The van der Waals surface area contributed by atoms with E-state index < -0.39 is 10.0 Å². The first-order valence-corrected chi connectivity index (χ1v) is 12.0. The van der Waals surface area contributed by atoms with Crippen LogP contribution in [0, 0.1) is 0 Å². The van der Waals surface area contributed by atoms with E-state index in [2.05, 4.69) is 12.2 Å². The second-order valence-corrected chi connectivity index (χ2v) is 9.28. The van der Waals surface area contributed by atoms with Crippen molar-refractivity contribution in [1.29, 1.82) is 0 Å². The van der Waals surface area contributed by atoms with Crippen LogP contribution >= 0.6 is 23.2 Å². The van der Waals surface area contributed by atoms with Crippen molar-refractivity contribution in [2.45, 2.75) is 50.5 Å². The third kappa shape index (κ3) is 7.47. The molecule has 0 bridgehead atoms. The lowest BCUT2D eigenvalue weighted by atomic mass is 10.1. The second-order valence-electron chi connectivity index (χ2n) is 6.90. The molecule has 0 atom stereocenters. The number of hydrogen-bond donors (Lipinski definition) is 2. The van der Waals surface area contributed by atoms with Crippen LogP contribution in [-0.2, 0) is 16.6 Å². The van der Waals surface area contributed by atoms with Gasteiger partial charge >= 0.3 is 0 Å². The van der Waals surface area contributed by atoms with E-state index in [9.17, 15) is 13.2 Å². The van der Waals surface area contributed by atoms with Crippen LogP contribution < -0.4 is 15.2 Å². The molecule has 0 unspecified atom stereocenters. The number of carbonyl (C=O) groups excluding carboxylic acids is 1. The first-order valence-electron chi connectivity index (χ1n) is 9.74. The minimum Gasteiger partial charge on any atom is -0.490 e. The Morgan fingerprint density at radius 3 is 2.20 bits per heavy atom. The van der Waals surface area contributed by atoms with Gasteiger partial charge in [-0.05, 0) is 36.2 Å². The maximum Gasteiger partial charge on any atom is 0.251 e. The lowest BCUT2D eigenvalue weighted by molar-refractivity contribution is 0.0951. The van der Waals surface area contributed by atoms with E-state index >= 15 is 0 Å². The van der Waals surface area contributed by atoms with Crippen molar-refractivity contribution in [2.75, 3.05) is 6.61 Å². The van der Waals surface area contributed by atoms with Gasteiger partial charge in [0, 0.05) is 12.1 Å². The zero-order chi connectivity index (χ0) is 22.1. The van der Waals surface area contributed by atoms with Gasteiger partial charge in [0.05, 0.1) is 21.5 Å². The molecule has 0 saturated heterocycles. The number of halogens is 2. The van der Waals surface area contributed by atoms with Crippen molar-refractivity contribution < 1.29 is 17.9 Å². The van der Waals surface area contributed by atoms with Crippen molar-refractivity contribution in [3.8, 4) is 5.75 Å². The first kappa shape index (κ1) is 24.5. The largest absolute Gasteiger partial charge is 0.490 e. The van der Waals surface area contributed by atoms with Crippen molar-refractivity contribution in [3.05, 3.63) is 57.6 Å². The number of rotatable bonds is 11. The molecule has 0 radical (unpaired) electrons. The van der Waals surface area contributed by atoms with E-state index in [-0.39, 0.29) is 27.4 Å². The summed E-state index contributed by atoms with van der Waals surface area (Å²) in [6.07, 6.45) is 5.57. The number of benzene rings is 2. The van der Waals surface area contributed by atoms with Gasteiger partial charge < -0.3 is 10.1 Å². The van der Waals surface area contributed by atoms with E-state index in [1.165, 1.54) is 43.5 Å². The zero-order valence-electron chi connectivity index (χ0n) is 16.8. The minimum atomic E-state index is -3.75. The molecule has 0 spiro atoms. The van der Waals surface area contributed by atoms with Gasteiger partial charge in [0.2, 0.25) is 10.0 Å². The average molecular weight is 473 g/mol. The van der Waals surface area contributed by atoms with Crippen LogP contribution in [0.4, 0.5) is 0 Å². The number of sulfonamides is 1. The van der Waals surface area contributed by atoms with Gasteiger partial charge in [0.1, 0.15) is 0 Å². The molecule has 0 saturated carbocycles. The molecule has 2 aromatic rings. The molecule has 9 heteroatoms. The molecule has 1 amide bonds. The predicted molar refractivity (Wildman–Crippen MR) is 120 cm³/mol. The fourth-order valence-corrected chi connectivity index (χ4v) is 3.90. The van der Waals surface area contributed by atoms with Gasteiger partial charge in [-0.3, -0.25) is 4.79 Å². The molecule has 0 fully saturated rings. The molecule has 164 valence electrons. The smallest absolute Gasteiger partial charge is 0.251 e. The number of nitrogens with two attached hydrogens (primary N) is 1. The van der Waals surface area contributed by atoms with Crippen molar-refractivity contribution in [2.24, 2.45) is 5.14 Å². The molecule has 6 nitrogen and oxygen atoms in total. The van der Waals surface area contributed by atoms with Crippen LogP contribution in [0.2, 0.25) is 10.0 Å². The standard InChI is InChI=1S/C21H26Cl2N2O4S/c1-2-3-4-5-6-11-29-20-18(22)12-16(13-19(20)23)21(26)25-14-15-7-9-17(10-8-15)30(24,27)28/h7-10,12-13H,2-6,11,14H2,1H3,(H,25,26)(H2,24,27,28). The molecule has 0 aliphatic carbocycles. The molecule has 2 rings (SSSR count). The summed E-state index contributed by atoms with van der Waals surface area (Å²) in [5, 5.41) is 8.36. The normalized spacial score (nSPS) is 11.3. The van der Waals surface area contributed by atoms with Crippen LogP contribution in [0.15, 0.2) is 41.3 Å². The molecule has 3 N–H and O–H groups in total. The number of unbranched alkanes of at least 4 members (excludes halogenated alkanes) is 4. The first-order chi connectivity index (χ1) is 14.2. The Balaban J connectivity index is 1.93. The Hall–Kier alpha value is -1.80. The summed E-state index contributed by atoms with van der Waals surface area (Å²) >= 11 is 12.5. The summed E-state index contributed by atoms with van der Waals surface area (Å²) in [6.45, 7) is 2.88. The summed E-state index contributed by atoms with van der Waals surface area (Å²) < 4.78 is 28.3. The summed E-state index contributed by atoms with van der Waals surface area (Å²) in [4.78, 5) is 12.4. The number of carbonyl (C=O) groups is 1. The number of primary sulfonamides is 1. The predicted octanol–water partition coefficient (Wildman–Crippen LogP) is 4.92. The van der Waals surface area contributed by atoms with Crippen molar-refractivity contribution in [3.63, 3.8) is 0 Å². The SMILES string of the molecule is CCCCCCCOc1c(Cl)cc(C(=O)NCc2ccc(S(N)(=O)=O)cc2)cc1Cl. The fourth-order valence-electron chi connectivity index (χ4n) is 2.79. The summed E-state index contributed by atoms with van der Waals surface area (Å²) in [5.74, 6) is 0.0180. The Labute approximate surface area is 187 Å². The van der Waals surface area contributed by atoms with Gasteiger partial charge in [-0.2, -0.15) is 0 Å². The Kier molecular flexibility index (Phi) is 9.42. The quantitative estimate of drug-likeness (QED) is 0.453. The van der Waals surface area contributed by atoms with Crippen LogP contribution in [0.25, 0.3) is 0 Å². The van der Waals surface area contributed by atoms with Gasteiger partial charge in [-0.1, -0.05) is 67.9 Å². The third-order valence-electron chi connectivity index (χ3n) is 4.46. The van der Waals surface area contributed by atoms with Crippen LogP contribution in [0.5, 0.6) is 5.75 Å². The fraction of sp³-hybridized carbons (Fsp3) is 0.381. The molecule has 0 aromatic heterocycles. The highest BCUT2D eigenvalue weighted by atomic mass is 35.5. The van der Waals surface area contributed by atoms with Crippen LogP contribution in [-0.4, -0.2) is 20.9 Å². The Bertz CT molecular complexity index is 940.